The smallest absolute Gasteiger partial charge is 0.0880 e. The molecular formula is C10H8ClN3. The van der Waals surface area contributed by atoms with Gasteiger partial charge in [-0.05, 0) is 30.2 Å². The van der Waals surface area contributed by atoms with Gasteiger partial charge in [0.05, 0.1) is 11.6 Å². The lowest BCUT2D eigenvalue weighted by Gasteiger charge is -1.96. The molecule has 0 N–H and O–H groups in total. The van der Waals surface area contributed by atoms with E-state index >= 15 is 0 Å². The highest BCUT2D eigenvalue weighted by atomic mass is 35.5. The van der Waals surface area contributed by atoms with Gasteiger partial charge in [-0.2, -0.15) is 0 Å². The minimum atomic E-state index is 0.167. The highest BCUT2D eigenvalue weighted by Crippen LogP contribution is 2.15. The molecule has 0 fully saturated rings. The van der Waals surface area contributed by atoms with Crippen molar-refractivity contribution in [2.75, 3.05) is 6.54 Å². The van der Waals surface area contributed by atoms with Gasteiger partial charge >= 0.3 is 0 Å². The number of halogens is 1. The zero-order valence-corrected chi connectivity index (χ0v) is 8.41. The first kappa shape index (κ1) is 10.5. The van der Waals surface area contributed by atoms with Gasteiger partial charge in [0, 0.05) is 10.5 Å². The van der Waals surface area contributed by atoms with Crippen molar-refractivity contribution in [3.63, 3.8) is 0 Å². The fourth-order valence-electron chi connectivity index (χ4n) is 0.923. The van der Waals surface area contributed by atoms with Crippen LogP contribution in [0, 0.1) is 18.8 Å². The van der Waals surface area contributed by atoms with Gasteiger partial charge in [-0.25, -0.2) is 0 Å². The second-order valence-electron chi connectivity index (χ2n) is 2.67. The van der Waals surface area contributed by atoms with Crippen LogP contribution in [0.4, 0.5) is 0 Å². The summed E-state index contributed by atoms with van der Waals surface area (Å²) in [6, 6.07) is 5.63. The number of azide groups is 1. The van der Waals surface area contributed by atoms with Gasteiger partial charge in [-0.1, -0.05) is 34.6 Å². The lowest BCUT2D eigenvalue weighted by Crippen LogP contribution is -1.79. The monoisotopic (exact) mass is 205 g/mol. The molecule has 0 amide bonds. The van der Waals surface area contributed by atoms with Crippen molar-refractivity contribution in [1.82, 2.24) is 0 Å². The van der Waals surface area contributed by atoms with Crippen LogP contribution in [-0.2, 0) is 0 Å². The minimum Gasteiger partial charge on any atom is -0.0918 e. The van der Waals surface area contributed by atoms with Crippen LogP contribution in [0.5, 0.6) is 0 Å². The predicted molar refractivity (Wildman–Crippen MR) is 57.1 cm³/mol. The van der Waals surface area contributed by atoms with Crippen LogP contribution >= 0.6 is 11.6 Å². The molecule has 1 aromatic carbocycles. The molecule has 0 unspecified atom stereocenters. The summed E-state index contributed by atoms with van der Waals surface area (Å²) in [6.07, 6.45) is 0. The number of benzene rings is 1. The summed E-state index contributed by atoms with van der Waals surface area (Å²) >= 11 is 5.94. The van der Waals surface area contributed by atoms with Crippen LogP contribution in [0.25, 0.3) is 10.4 Å². The molecular weight excluding hydrogens is 198 g/mol. The average Bonchev–Trinajstić information content (AvgIpc) is 2.15. The van der Waals surface area contributed by atoms with Crippen molar-refractivity contribution >= 4 is 11.6 Å². The highest BCUT2D eigenvalue weighted by molar-refractivity contribution is 6.31. The van der Waals surface area contributed by atoms with Crippen molar-refractivity contribution in [3.8, 4) is 11.8 Å². The third-order valence-corrected chi connectivity index (χ3v) is 1.87. The molecule has 0 aliphatic rings. The Hall–Kier alpha value is -1.62. The normalized spacial score (nSPS) is 8.43. The molecule has 4 heteroatoms. The standard InChI is InChI=1S/C10H8ClN3/c1-8-4-5-9(10(11)7-8)3-2-6-13-14-12/h4-5,7H,6H2,1H3. The van der Waals surface area contributed by atoms with E-state index in [0.29, 0.717) is 5.02 Å². The molecule has 3 nitrogen and oxygen atoms in total. The molecule has 70 valence electrons. The van der Waals surface area contributed by atoms with Gasteiger partial charge in [-0.15, -0.1) is 0 Å². The summed E-state index contributed by atoms with van der Waals surface area (Å²) in [7, 11) is 0. The van der Waals surface area contributed by atoms with Crippen LogP contribution < -0.4 is 0 Å². The molecule has 0 radical (unpaired) electrons. The average molecular weight is 206 g/mol. The lowest BCUT2D eigenvalue weighted by atomic mass is 10.1. The Balaban J connectivity index is 2.84. The molecule has 0 aromatic heterocycles. The van der Waals surface area contributed by atoms with Crippen molar-refractivity contribution < 1.29 is 0 Å². The fraction of sp³-hybridized carbons (Fsp3) is 0.200. The van der Waals surface area contributed by atoms with E-state index in [4.69, 9.17) is 17.1 Å². The third-order valence-electron chi connectivity index (χ3n) is 1.56. The molecule has 0 saturated carbocycles. The van der Waals surface area contributed by atoms with Crippen LogP contribution in [0.15, 0.2) is 23.3 Å². The highest BCUT2D eigenvalue weighted by Gasteiger charge is 1.95. The Kier molecular flexibility index (Phi) is 3.87. The van der Waals surface area contributed by atoms with Crippen LogP contribution in [0.3, 0.4) is 0 Å². The molecule has 0 saturated heterocycles. The zero-order valence-electron chi connectivity index (χ0n) is 7.66. The van der Waals surface area contributed by atoms with Gasteiger partial charge in [0.1, 0.15) is 0 Å². The Bertz CT molecular complexity index is 436. The minimum absolute atomic E-state index is 0.167. The number of aryl methyl sites for hydroxylation is 1. The van der Waals surface area contributed by atoms with Crippen LogP contribution in [0.1, 0.15) is 11.1 Å². The molecule has 1 rings (SSSR count). The summed E-state index contributed by atoms with van der Waals surface area (Å²) in [5.41, 5.74) is 9.87. The van der Waals surface area contributed by atoms with Gasteiger partial charge in [0.15, 0.2) is 0 Å². The Labute approximate surface area is 87.3 Å². The van der Waals surface area contributed by atoms with Crippen molar-refractivity contribution in [1.29, 1.82) is 0 Å². The fourth-order valence-corrected chi connectivity index (χ4v) is 1.21. The molecule has 1 aromatic rings. The molecule has 0 bridgehead atoms. The van der Waals surface area contributed by atoms with Crippen molar-refractivity contribution in [2.24, 2.45) is 5.11 Å². The second-order valence-corrected chi connectivity index (χ2v) is 3.08. The lowest BCUT2D eigenvalue weighted by molar-refractivity contribution is 1.25. The van der Waals surface area contributed by atoms with Crippen LogP contribution in [-0.4, -0.2) is 6.54 Å². The number of hydrogen-bond acceptors (Lipinski definition) is 1. The van der Waals surface area contributed by atoms with E-state index in [0.717, 1.165) is 11.1 Å². The van der Waals surface area contributed by atoms with Gasteiger partial charge in [-0.3, -0.25) is 0 Å². The van der Waals surface area contributed by atoms with Crippen molar-refractivity contribution in [2.45, 2.75) is 6.92 Å². The van der Waals surface area contributed by atoms with Gasteiger partial charge in [0.2, 0.25) is 0 Å². The summed E-state index contributed by atoms with van der Waals surface area (Å²) < 4.78 is 0. The van der Waals surface area contributed by atoms with E-state index in [9.17, 15) is 0 Å². The SMILES string of the molecule is Cc1ccc(C#CCN=[N+]=[N-])c(Cl)c1. The predicted octanol–water partition coefficient (Wildman–Crippen LogP) is 3.31. The topological polar surface area (TPSA) is 48.8 Å². The number of rotatable bonds is 1. The van der Waals surface area contributed by atoms with E-state index in [-0.39, 0.29) is 6.54 Å². The molecule has 0 spiro atoms. The maximum Gasteiger partial charge on any atom is 0.0880 e. The number of hydrogen-bond donors (Lipinski definition) is 0. The first-order chi connectivity index (χ1) is 6.74. The molecule has 0 atom stereocenters. The van der Waals surface area contributed by atoms with E-state index in [1.165, 1.54) is 0 Å². The third kappa shape index (κ3) is 3.02. The van der Waals surface area contributed by atoms with E-state index in [1.54, 1.807) is 0 Å². The Morgan fingerprint density at radius 1 is 1.57 bits per heavy atom. The molecule has 0 heterocycles. The molecule has 14 heavy (non-hydrogen) atoms. The zero-order chi connectivity index (χ0) is 10.4. The second kappa shape index (κ2) is 5.18. The number of nitrogens with zero attached hydrogens (tertiary/aromatic N) is 3. The molecule has 0 aliphatic heterocycles. The summed E-state index contributed by atoms with van der Waals surface area (Å²) in [5, 5.41) is 3.92. The maximum absolute atomic E-state index is 8.02. The van der Waals surface area contributed by atoms with E-state index in [1.807, 2.05) is 25.1 Å². The summed E-state index contributed by atoms with van der Waals surface area (Å²) in [6.45, 7) is 2.13. The Morgan fingerprint density at radius 2 is 2.36 bits per heavy atom. The van der Waals surface area contributed by atoms with E-state index in [2.05, 4.69) is 21.9 Å². The van der Waals surface area contributed by atoms with Crippen molar-refractivity contribution in [3.05, 3.63) is 44.8 Å². The largest absolute Gasteiger partial charge is 0.0918 e. The Morgan fingerprint density at radius 3 is 3.00 bits per heavy atom. The summed E-state index contributed by atoms with van der Waals surface area (Å²) in [5.74, 6) is 5.54. The quantitative estimate of drug-likeness (QED) is 0.292. The van der Waals surface area contributed by atoms with Crippen LogP contribution in [0.2, 0.25) is 5.02 Å². The van der Waals surface area contributed by atoms with Gasteiger partial charge < -0.3 is 0 Å². The maximum atomic E-state index is 8.02. The summed E-state index contributed by atoms with van der Waals surface area (Å²) in [4.78, 5) is 2.59. The molecule has 0 aliphatic carbocycles. The first-order valence-electron chi connectivity index (χ1n) is 4.00. The first-order valence-corrected chi connectivity index (χ1v) is 4.37. The van der Waals surface area contributed by atoms with E-state index < -0.39 is 0 Å². The van der Waals surface area contributed by atoms with Gasteiger partial charge in [0.25, 0.3) is 0 Å².